The van der Waals surface area contributed by atoms with Gasteiger partial charge in [0.15, 0.2) is 5.13 Å². The fourth-order valence-corrected chi connectivity index (χ4v) is 3.18. The summed E-state index contributed by atoms with van der Waals surface area (Å²) >= 11 is 1.29. The summed E-state index contributed by atoms with van der Waals surface area (Å²) in [5.41, 5.74) is 2.86. The fraction of sp³-hybridized carbons (Fsp3) is 0.0476. The summed E-state index contributed by atoms with van der Waals surface area (Å²) < 4.78 is 0. The Labute approximate surface area is 166 Å². The summed E-state index contributed by atoms with van der Waals surface area (Å²) in [7, 11) is 0. The number of hydrogen-bond donors (Lipinski definition) is 2. The molecule has 0 aliphatic rings. The second-order valence-electron chi connectivity index (χ2n) is 5.83. The molecule has 0 atom stereocenters. The average Bonchev–Trinajstić information content (AvgIpc) is 3.15. The molecule has 2 N–H and O–H groups in total. The zero-order chi connectivity index (χ0) is 19.9. The lowest BCUT2D eigenvalue weighted by Gasteiger charge is -2.04. The van der Waals surface area contributed by atoms with Gasteiger partial charge < -0.3 is 5.32 Å². The molecule has 0 unspecified atom stereocenters. The normalized spacial score (nSPS) is 10.8. The maximum Gasteiger partial charge on any atom is 0.268 e. The van der Waals surface area contributed by atoms with Gasteiger partial charge in [-0.25, -0.2) is 4.98 Å². The van der Waals surface area contributed by atoms with Crippen molar-refractivity contribution in [1.82, 2.24) is 4.98 Å². The Bertz CT molecular complexity index is 1080. The molecule has 2 aromatic carbocycles. The molecule has 1 heterocycles. The summed E-state index contributed by atoms with van der Waals surface area (Å²) in [6, 6.07) is 18.4. The lowest BCUT2D eigenvalue weighted by molar-refractivity contribution is -0.114. The van der Waals surface area contributed by atoms with Gasteiger partial charge in [-0.1, -0.05) is 42.5 Å². The number of amides is 2. The molecule has 1 aromatic heterocycles. The molecule has 0 aliphatic heterocycles. The summed E-state index contributed by atoms with van der Waals surface area (Å²) in [4.78, 5) is 28.0. The number of rotatable bonds is 5. The maximum absolute atomic E-state index is 12.5. The summed E-state index contributed by atoms with van der Waals surface area (Å²) in [5.74, 6) is -0.737. The molecule has 138 valence electrons. The molecular formula is C21H16N4O2S. The van der Waals surface area contributed by atoms with E-state index in [4.69, 9.17) is 0 Å². The first kappa shape index (κ1) is 19.0. The number of aromatic nitrogens is 1. The van der Waals surface area contributed by atoms with Crippen LogP contribution in [0.2, 0.25) is 0 Å². The third-order valence-electron chi connectivity index (χ3n) is 3.68. The maximum atomic E-state index is 12.5. The van der Waals surface area contributed by atoms with Gasteiger partial charge in [-0.3, -0.25) is 14.9 Å². The van der Waals surface area contributed by atoms with Crippen molar-refractivity contribution in [3.63, 3.8) is 0 Å². The van der Waals surface area contributed by atoms with Gasteiger partial charge >= 0.3 is 0 Å². The molecule has 28 heavy (non-hydrogen) atoms. The van der Waals surface area contributed by atoms with Crippen molar-refractivity contribution in [3.8, 4) is 17.3 Å². The molecular weight excluding hydrogens is 372 g/mol. The highest BCUT2D eigenvalue weighted by molar-refractivity contribution is 7.14. The van der Waals surface area contributed by atoms with Crippen LogP contribution >= 0.6 is 11.3 Å². The van der Waals surface area contributed by atoms with E-state index in [1.54, 1.807) is 24.3 Å². The zero-order valence-electron chi connectivity index (χ0n) is 15.0. The van der Waals surface area contributed by atoms with Gasteiger partial charge in [0.25, 0.3) is 5.91 Å². The van der Waals surface area contributed by atoms with E-state index in [9.17, 15) is 14.9 Å². The van der Waals surface area contributed by atoms with Gasteiger partial charge in [0.1, 0.15) is 11.6 Å². The quantitative estimate of drug-likeness (QED) is 0.503. The number of carbonyl (C=O) groups is 2. The highest BCUT2D eigenvalue weighted by Crippen LogP contribution is 2.25. The first-order valence-corrected chi connectivity index (χ1v) is 9.25. The van der Waals surface area contributed by atoms with E-state index in [-0.39, 0.29) is 11.5 Å². The lowest BCUT2D eigenvalue weighted by Crippen LogP contribution is -2.13. The van der Waals surface area contributed by atoms with Crippen molar-refractivity contribution in [2.24, 2.45) is 0 Å². The molecule has 0 radical (unpaired) electrons. The Morgan fingerprint density at radius 1 is 1.11 bits per heavy atom. The van der Waals surface area contributed by atoms with Crippen molar-refractivity contribution < 1.29 is 9.59 Å². The summed E-state index contributed by atoms with van der Waals surface area (Å²) in [5, 5.41) is 16.9. The Morgan fingerprint density at radius 3 is 2.61 bits per heavy atom. The van der Waals surface area contributed by atoms with Gasteiger partial charge in [-0.05, 0) is 23.8 Å². The van der Waals surface area contributed by atoms with Crippen LogP contribution in [0, 0.1) is 11.3 Å². The average molecular weight is 388 g/mol. The van der Waals surface area contributed by atoms with E-state index in [1.165, 1.54) is 24.3 Å². The minimum Gasteiger partial charge on any atom is -0.326 e. The van der Waals surface area contributed by atoms with E-state index < -0.39 is 5.91 Å². The van der Waals surface area contributed by atoms with Gasteiger partial charge in [0.2, 0.25) is 5.91 Å². The number of thiazole rings is 1. The molecule has 3 rings (SSSR count). The summed E-state index contributed by atoms with van der Waals surface area (Å²) in [6.07, 6.45) is 1.46. The molecule has 2 amide bonds. The van der Waals surface area contributed by atoms with Crippen LogP contribution in [0.3, 0.4) is 0 Å². The van der Waals surface area contributed by atoms with Crippen molar-refractivity contribution in [2.45, 2.75) is 6.92 Å². The van der Waals surface area contributed by atoms with Crippen LogP contribution in [0.1, 0.15) is 12.5 Å². The van der Waals surface area contributed by atoms with Crippen LogP contribution in [0.15, 0.2) is 65.6 Å². The van der Waals surface area contributed by atoms with Gasteiger partial charge in [0, 0.05) is 23.6 Å². The predicted octanol–water partition coefficient (Wildman–Crippen LogP) is 4.31. The fourth-order valence-electron chi connectivity index (χ4n) is 2.46. The number of nitrogens with zero attached hydrogens (tertiary/aromatic N) is 2. The molecule has 6 nitrogen and oxygen atoms in total. The Balaban J connectivity index is 1.76. The van der Waals surface area contributed by atoms with Crippen LogP contribution < -0.4 is 10.6 Å². The highest BCUT2D eigenvalue weighted by atomic mass is 32.1. The molecule has 0 saturated heterocycles. The van der Waals surface area contributed by atoms with Crippen molar-refractivity contribution >= 4 is 40.0 Å². The van der Waals surface area contributed by atoms with Crippen molar-refractivity contribution in [1.29, 1.82) is 5.26 Å². The Morgan fingerprint density at radius 2 is 1.89 bits per heavy atom. The van der Waals surface area contributed by atoms with E-state index in [1.807, 2.05) is 41.8 Å². The topological polar surface area (TPSA) is 94.9 Å². The first-order valence-electron chi connectivity index (χ1n) is 8.37. The predicted molar refractivity (Wildman–Crippen MR) is 111 cm³/mol. The molecule has 0 fully saturated rings. The van der Waals surface area contributed by atoms with E-state index >= 15 is 0 Å². The van der Waals surface area contributed by atoms with Gasteiger partial charge in [-0.2, -0.15) is 5.26 Å². The van der Waals surface area contributed by atoms with Crippen LogP contribution in [0.5, 0.6) is 0 Å². The Kier molecular flexibility index (Phi) is 5.94. The van der Waals surface area contributed by atoms with Crippen molar-refractivity contribution in [3.05, 3.63) is 71.1 Å². The molecule has 7 heteroatoms. The van der Waals surface area contributed by atoms with Gasteiger partial charge in [-0.15, -0.1) is 11.3 Å². The number of anilines is 2. The summed E-state index contributed by atoms with van der Waals surface area (Å²) in [6.45, 7) is 1.41. The molecule has 0 bridgehead atoms. The molecule has 3 aromatic rings. The number of hydrogen-bond acceptors (Lipinski definition) is 5. The Hall–Kier alpha value is -3.76. The van der Waals surface area contributed by atoms with Crippen LogP contribution in [-0.4, -0.2) is 16.8 Å². The van der Waals surface area contributed by atoms with E-state index in [0.29, 0.717) is 16.4 Å². The monoisotopic (exact) mass is 388 g/mol. The van der Waals surface area contributed by atoms with Crippen molar-refractivity contribution in [2.75, 3.05) is 10.6 Å². The smallest absolute Gasteiger partial charge is 0.268 e. The van der Waals surface area contributed by atoms with Crippen LogP contribution in [0.25, 0.3) is 17.3 Å². The minimum atomic E-state index is -0.540. The van der Waals surface area contributed by atoms with E-state index in [2.05, 4.69) is 15.6 Å². The lowest BCUT2D eigenvalue weighted by atomic mass is 10.1. The number of carbonyl (C=O) groups excluding carboxylic acids is 2. The SMILES string of the molecule is CC(=O)Nc1cccc(C=C(C#N)C(=O)Nc2nc(-c3ccccc3)cs2)c1. The third-order valence-corrected chi connectivity index (χ3v) is 4.43. The minimum absolute atomic E-state index is 0.0589. The molecule has 0 aliphatic carbocycles. The van der Waals surface area contributed by atoms with Gasteiger partial charge in [0.05, 0.1) is 5.69 Å². The zero-order valence-corrected chi connectivity index (χ0v) is 15.8. The second kappa shape index (κ2) is 8.75. The van der Waals surface area contributed by atoms with E-state index in [0.717, 1.165) is 11.3 Å². The second-order valence-corrected chi connectivity index (χ2v) is 6.69. The molecule has 0 saturated carbocycles. The highest BCUT2D eigenvalue weighted by Gasteiger charge is 2.12. The van der Waals surface area contributed by atoms with Crippen LogP contribution in [0.4, 0.5) is 10.8 Å². The molecule has 0 spiro atoms. The standard InChI is InChI=1S/C21H16N4O2S/c1-14(26)23-18-9-5-6-15(11-18)10-17(12-22)20(27)25-21-24-19(13-28-21)16-7-3-2-4-8-16/h2-11,13H,1H3,(H,23,26)(H,24,25,27). The largest absolute Gasteiger partial charge is 0.326 e. The number of nitrogens with one attached hydrogen (secondary N) is 2. The number of nitriles is 1. The first-order chi connectivity index (χ1) is 13.5. The van der Waals surface area contributed by atoms with Crippen LogP contribution in [-0.2, 0) is 9.59 Å². The number of benzene rings is 2. The third kappa shape index (κ3) is 4.90.